The fourth-order valence-electron chi connectivity index (χ4n) is 2.00. The number of amides is 2. The molecule has 20 heavy (non-hydrogen) atoms. The molecule has 0 aromatic rings. The van der Waals surface area contributed by atoms with Crippen LogP contribution in [0.5, 0.6) is 0 Å². The van der Waals surface area contributed by atoms with Crippen molar-refractivity contribution in [2.24, 2.45) is 0 Å². The van der Waals surface area contributed by atoms with Crippen molar-refractivity contribution < 1.29 is 35.2 Å². The van der Waals surface area contributed by atoms with Crippen LogP contribution in [-0.2, 0) is 18.9 Å². The average Bonchev–Trinajstić information content (AvgIpc) is 2.84. The minimum Gasteiger partial charge on any atom is -0.480 e. The van der Waals surface area contributed by atoms with E-state index in [1.807, 2.05) is 5.32 Å². The Morgan fingerprint density at radius 2 is 2.10 bits per heavy atom. The first kappa shape index (κ1) is 15.0. The van der Waals surface area contributed by atoms with Crippen molar-refractivity contribution in [1.29, 1.82) is 0 Å². The van der Waals surface area contributed by atoms with E-state index in [2.05, 4.69) is 0 Å². The zero-order chi connectivity index (χ0) is 16.4. The molecule has 0 saturated carbocycles. The number of nitrogens with one attached hydrogen (secondary N) is 1. The smallest absolute Gasteiger partial charge is 0.334 e. The molecule has 1 unspecified atom stereocenters. The Balaban J connectivity index is 2.69. The second-order valence-corrected chi connectivity index (χ2v) is 5.91. The zero-order valence-electron chi connectivity index (χ0n) is 11.7. The molecule has 0 aromatic heterocycles. The summed E-state index contributed by atoms with van der Waals surface area (Å²) in [4.78, 5) is 53.1. The van der Waals surface area contributed by atoms with Gasteiger partial charge in [0.25, 0.3) is 0 Å². The lowest BCUT2D eigenvalue weighted by atomic mass is 10.2. The van der Waals surface area contributed by atoms with E-state index in [1.165, 1.54) is 6.92 Å². The van der Waals surface area contributed by atoms with Crippen molar-refractivity contribution in [2.45, 2.75) is 31.8 Å². The van der Waals surface area contributed by atoms with E-state index >= 15 is 0 Å². The normalized spacial score (nSPS) is 22.9. The lowest BCUT2D eigenvalue weighted by Gasteiger charge is -2.25. The first-order valence-electron chi connectivity index (χ1n) is 6.44. The molecule has 0 bridgehead atoms. The average molecular weight is 309 g/mol. The fourth-order valence-corrected chi connectivity index (χ4v) is 2.38. The van der Waals surface area contributed by atoms with Crippen LogP contribution < -0.4 is 5.32 Å². The van der Waals surface area contributed by atoms with Gasteiger partial charge >= 0.3 is 13.6 Å². The largest absolute Gasteiger partial charge is 0.480 e. The Labute approximate surface area is 116 Å². The summed E-state index contributed by atoms with van der Waals surface area (Å²) in [6.45, 7) is 1.50. The van der Waals surface area contributed by atoms with E-state index in [0.29, 0.717) is 12.8 Å². The second-order valence-electron chi connectivity index (χ2n) is 4.48. The first-order chi connectivity index (χ1) is 9.55. The number of likely N-dealkylation sites (tertiary alicyclic amines) is 1. The molecular weight excluding hydrogens is 291 g/mol. The quantitative estimate of drug-likeness (QED) is 0.464. The van der Waals surface area contributed by atoms with Crippen molar-refractivity contribution in [1.82, 2.24) is 10.2 Å². The molecule has 1 rings (SSSR count). The SMILES string of the molecule is [2H]C(C(=O)N[C@@H](C)C(=O)N1CCC[C@H]1C(=O)O)P(=O)(O)O. The van der Waals surface area contributed by atoms with Crippen LogP contribution in [0, 0.1) is 0 Å². The van der Waals surface area contributed by atoms with Gasteiger partial charge in [-0.25, -0.2) is 4.79 Å². The highest BCUT2D eigenvalue weighted by molar-refractivity contribution is 7.52. The maximum absolute atomic E-state index is 12.1. The number of carboxylic acids is 1. The summed E-state index contributed by atoms with van der Waals surface area (Å²) in [5.74, 6) is -3.09. The summed E-state index contributed by atoms with van der Waals surface area (Å²) in [5, 5.41) is 11.0. The van der Waals surface area contributed by atoms with E-state index in [4.69, 9.17) is 16.3 Å². The van der Waals surface area contributed by atoms with Crippen molar-refractivity contribution >= 4 is 25.4 Å². The molecule has 1 fully saturated rings. The maximum Gasteiger partial charge on any atom is 0.334 e. The third-order valence-corrected chi connectivity index (χ3v) is 3.41. The number of carbonyl (C=O) groups is 3. The Morgan fingerprint density at radius 3 is 2.60 bits per heavy atom. The Kier molecular flexibility index (Phi) is 4.74. The third-order valence-electron chi connectivity index (χ3n) is 2.84. The molecular formula is C10H17N2O7P. The number of hydrogen-bond donors (Lipinski definition) is 4. The standard InChI is InChI=1S/C10H17N2O7P/c1-6(11-8(13)5-20(17,18)19)9(14)12-4-2-3-7(12)10(15)16/h6-7H,2-5H2,1H3,(H,11,13)(H,15,16)(H2,17,18,19)/t6-,7-/m0/s1/i5D/t5?,6-,7-. The summed E-state index contributed by atoms with van der Waals surface area (Å²) < 4.78 is 17.9. The highest BCUT2D eigenvalue weighted by Crippen LogP contribution is 2.33. The van der Waals surface area contributed by atoms with Gasteiger partial charge < -0.3 is 25.1 Å². The molecule has 3 atom stereocenters. The van der Waals surface area contributed by atoms with Gasteiger partial charge in [0, 0.05) is 7.92 Å². The van der Waals surface area contributed by atoms with Gasteiger partial charge in [0.15, 0.2) is 0 Å². The molecule has 1 saturated heterocycles. The van der Waals surface area contributed by atoms with Gasteiger partial charge in [-0.05, 0) is 19.8 Å². The van der Waals surface area contributed by atoms with Crippen LogP contribution in [0.4, 0.5) is 0 Å². The summed E-state index contributed by atoms with van der Waals surface area (Å²) in [6.07, 6.45) is -1.49. The van der Waals surface area contributed by atoms with Crippen LogP contribution in [0.15, 0.2) is 0 Å². The molecule has 10 heteroatoms. The third kappa shape index (κ3) is 4.59. The van der Waals surface area contributed by atoms with Crippen LogP contribution in [0.1, 0.15) is 21.1 Å². The molecule has 0 aromatic carbocycles. The molecule has 1 aliphatic heterocycles. The van der Waals surface area contributed by atoms with Gasteiger partial charge in [-0.2, -0.15) is 0 Å². The van der Waals surface area contributed by atoms with Gasteiger partial charge in [0.05, 0.1) is 0 Å². The maximum atomic E-state index is 12.1. The first-order valence-corrected chi connectivity index (χ1v) is 7.55. The molecule has 1 aliphatic rings. The fraction of sp³-hybridized carbons (Fsp3) is 0.700. The topological polar surface area (TPSA) is 144 Å². The molecule has 1 heterocycles. The van der Waals surface area contributed by atoms with Crippen molar-refractivity contribution in [2.75, 3.05) is 12.7 Å². The summed E-state index contributed by atoms with van der Waals surface area (Å²) >= 11 is 0. The predicted octanol–water partition coefficient (Wildman–Crippen LogP) is -1.26. The molecule has 0 aliphatic carbocycles. The van der Waals surface area contributed by atoms with E-state index in [1.54, 1.807) is 0 Å². The number of nitrogens with zero attached hydrogens (tertiary/aromatic N) is 1. The number of carbonyl (C=O) groups excluding carboxylic acids is 2. The van der Waals surface area contributed by atoms with Crippen LogP contribution in [-0.4, -0.2) is 62.3 Å². The number of hydrogen-bond acceptors (Lipinski definition) is 4. The second kappa shape index (κ2) is 6.34. The lowest BCUT2D eigenvalue weighted by Crippen LogP contribution is -2.50. The summed E-state index contributed by atoms with van der Waals surface area (Å²) in [5.41, 5.74) is 0. The number of rotatable bonds is 5. The number of aliphatic carboxylic acids is 1. The van der Waals surface area contributed by atoms with Gasteiger partial charge in [0.2, 0.25) is 11.8 Å². The lowest BCUT2D eigenvalue weighted by molar-refractivity contribution is -0.149. The van der Waals surface area contributed by atoms with Crippen LogP contribution in [0.2, 0.25) is 0 Å². The van der Waals surface area contributed by atoms with Crippen molar-refractivity contribution in [3.63, 3.8) is 0 Å². The Bertz CT molecular complexity index is 494. The van der Waals surface area contributed by atoms with E-state index in [-0.39, 0.29) is 6.54 Å². The van der Waals surface area contributed by atoms with Gasteiger partial charge in [-0.15, -0.1) is 0 Å². The molecule has 0 radical (unpaired) electrons. The monoisotopic (exact) mass is 309 g/mol. The van der Waals surface area contributed by atoms with Gasteiger partial charge in [-0.1, -0.05) is 0 Å². The van der Waals surface area contributed by atoms with Gasteiger partial charge in [-0.3, -0.25) is 14.2 Å². The predicted molar refractivity (Wildman–Crippen MR) is 66.9 cm³/mol. The van der Waals surface area contributed by atoms with E-state index in [0.717, 1.165) is 4.90 Å². The highest BCUT2D eigenvalue weighted by Gasteiger charge is 2.36. The molecule has 4 N–H and O–H groups in total. The van der Waals surface area contributed by atoms with Crippen molar-refractivity contribution in [3.05, 3.63) is 0 Å². The van der Waals surface area contributed by atoms with Crippen LogP contribution in [0.3, 0.4) is 0 Å². The van der Waals surface area contributed by atoms with Gasteiger partial charge in [0.1, 0.15) is 18.2 Å². The Morgan fingerprint density at radius 1 is 1.50 bits per heavy atom. The molecule has 9 nitrogen and oxygen atoms in total. The van der Waals surface area contributed by atoms with E-state index < -0.39 is 43.6 Å². The molecule has 114 valence electrons. The summed E-state index contributed by atoms with van der Waals surface area (Å²) in [6, 6.07) is -2.14. The summed E-state index contributed by atoms with van der Waals surface area (Å²) in [7, 11) is -4.92. The minimum atomic E-state index is -4.92. The van der Waals surface area contributed by atoms with Crippen LogP contribution >= 0.6 is 7.60 Å². The zero-order valence-corrected chi connectivity index (χ0v) is 11.6. The Hall–Kier alpha value is -1.44. The van der Waals surface area contributed by atoms with Crippen LogP contribution in [0.25, 0.3) is 0 Å². The number of carboxylic acid groups (broad SMARTS) is 1. The molecule has 0 spiro atoms. The molecule has 2 amide bonds. The minimum absolute atomic E-state index is 0.235. The highest BCUT2D eigenvalue weighted by atomic mass is 31.2. The van der Waals surface area contributed by atoms with E-state index in [9.17, 15) is 18.9 Å². The van der Waals surface area contributed by atoms with Crippen molar-refractivity contribution in [3.8, 4) is 0 Å².